The van der Waals surface area contributed by atoms with Crippen LogP contribution in [0.5, 0.6) is 11.5 Å². The van der Waals surface area contributed by atoms with Crippen LogP contribution in [0.1, 0.15) is 0 Å². The Balaban J connectivity index is 2.17. The lowest BCUT2D eigenvalue weighted by molar-refractivity contribution is -0.113. The number of hydrogen-bond acceptors (Lipinski definition) is 4. The maximum Gasteiger partial charge on any atom is 0.234 e. The summed E-state index contributed by atoms with van der Waals surface area (Å²) < 4.78 is 10.7. The van der Waals surface area contributed by atoms with Crippen LogP contribution in [0.2, 0.25) is 0 Å². The van der Waals surface area contributed by atoms with Gasteiger partial charge < -0.3 is 14.8 Å². The Bertz CT molecular complexity index is 381. The normalized spacial score (nSPS) is 13.4. The van der Waals surface area contributed by atoms with E-state index in [0.29, 0.717) is 30.4 Å². The smallest absolute Gasteiger partial charge is 0.234 e. The fourth-order valence-electron chi connectivity index (χ4n) is 1.32. The molecule has 5 heteroatoms. The Kier molecular flexibility index (Phi) is 3.01. The van der Waals surface area contributed by atoms with Crippen LogP contribution in [0.4, 0.5) is 5.69 Å². The average molecular weight is 225 g/mol. The number of benzene rings is 1. The molecule has 1 amide bonds. The summed E-state index contributed by atoms with van der Waals surface area (Å²) in [6.07, 6.45) is 0. The maximum absolute atomic E-state index is 11.1. The molecule has 0 bridgehead atoms. The highest BCUT2D eigenvalue weighted by Gasteiger charge is 2.12. The van der Waals surface area contributed by atoms with Gasteiger partial charge in [0.1, 0.15) is 13.2 Å². The molecular formula is C10H11NO3S. The summed E-state index contributed by atoms with van der Waals surface area (Å²) in [5.41, 5.74) is 0.693. The molecule has 0 fully saturated rings. The SMILES string of the molecule is O=C(CS)Nc1ccc2c(c1)OCCO2. The highest BCUT2D eigenvalue weighted by atomic mass is 32.1. The summed E-state index contributed by atoms with van der Waals surface area (Å²) in [5, 5.41) is 2.69. The van der Waals surface area contributed by atoms with Gasteiger partial charge in [0.2, 0.25) is 5.91 Å². The first kappa shape index (κ1) is 10.2. The number of amides is 1. The number of anilines is 1. The van der Waals surface area contributed by atoms with Gasteiger partial charge in [0.15, 0.2) is 11.5 Å². The van der Waals surface area contributed by atoms with E-state index in [4.69, 9.17) is 9.47 Å². The number of thiol groups is 1. The second-order valence-electron chi connectivity index (χ2n) is 3.06. The number of hydrogen-bond donors (Lipinski definition) is 2. The van der Waals surface area contributed by atoms with Crippen LogP contribution in [0, 0.1) is 0 Å². The minimum absolute atomic E-state index is 0.144. The summed E-state index contributed by atoms with van der Waals surface area (Å²) in [7, 11) is 0. The van der Waals surface area contributed by atoms with E-state index in [0.717, 1.165) is 0 Å². The third-order valence-electron chi connectivity index (χ3n) is 1.97. The number of fused-ring (bicyclic) bond motifs is 1. The molecule has 0 atom stereocenters. The largest absolute Gasteiger partial charge is 0.486 e. The van der Waals surface area contributed by atoms with Gasteiger partial charge in [0.25, 0.3) is 0 Å². The number of carbonyl (C=O) groups excluding carboxylic acids is 1. The fourth-order valence-corrected chi connectivity index (χ4v) is 1.40. The van der Waals surface area contributed by atoms with Crippen molar-refractivity contribution in [3.8, 4) is 11.5 Å². The Morgan fingerprint density at radius 2 is 2.07 bits per heavy atom. The summed E-state index contributed by atoms with van der Waals surface area (Å²) in [6.45, 7) is 1.10. The van der Waals surface area contributed by atoms with E-state index in [1.807, 2.05) is 0 Å². The zero-order valence-corrected chi connectivity index (χ0v) is 8.92. The fraction of sp³-hybridized carbons (Fsp3) is 0.300. The van der Waals surface area contributed by atoms with Crippen molar-refractivity contribution in [1.82, 2.24) is 0 Å². The summed E-state index contributed by atoms with van der Waals surface area (Å²) in [4.78, 5) is 11.1. The second-order valence-corrected chi connectivity index (χ2v) is 3.38. The lowest BCUT2D eigenvalue weighted by Gasteiger charge is -2.18. The van der Waals surface area contributed by atoms with Crippen molar-refractivity contribution in [2.24, 2.45) is 0 Å². The van der Waals surface area contributed by atoms with Gasteiger partial charge in [-0.25, -0.2) is 0 Å². The Labute approximate surface area is 93.0 Å². The molecule has 0 saturated carbocycles. The third-order valence-corrected chi connectivity index (χ3v) is 2.26. The van der Waals surface area contributed by atoms with Crippen molar-refractivity contribution in [2.75, 3.05) is 24.3 Å². The summed E-state index contributed by atoms with van der Waals surface area (Å²) in [6, 6.07) is 5.30. The molecule has 2 rings (SSSR count). The van der Waals surface area contributed by atoms with Gasteiger partial charge in [-0.2, -0.15) is 12.6 Å². The van der Waals surface area contributed by atoms with E-state index < -0.39 is 0 Å². The van der Waals surface area contributed by atoms with Gasteiger partial charge >= 0.3 is 0 Å². The topological polar surface area (TPSA) is 47.6 Å². The van der Waals surface area contributed by atoms with Crippen molar-refractivity contribution in [2.45, 2.75) is 0 Å². The molecule has 1 N–H and O–H groups in total. The van der Waals surface area contributed by atoms with Gasteiger partial charge in [-0.15, -0.1) is 0 Å². The molecule has 1 aromatic rings. The second kappa shape index (κ2) is 4.44. The van der Waals surface area contributed by atoms with Crippen LogP contribution in [0.25, 0.3) is 0 Å². The lowest BCUT2D eigenvalue weighted by atomic mass is 10.2. The molecule has 1 aliphatic rings. The summed E-state index contributed by atoms with van der Waals surface area (Å²) in [5.74, 6) is 1.40. The molecule has 0 saturated heterocycles. The molecule has 1 aromatic carbocycles. The minimum atomic E-state index is -0.144. The highest BCUT2D eigenvalue weighted by molar-refractivity contribution is 7.81. The Morgan fingerprint density at radius 1 is 1.33 bits per heavy atom. The number of carbonyl (C=O) groups is 1. The van der Waals surface area contributed by atoms with Crippen LogP contribution < -0.4 is 14.8 Å². The highest BCUT2D eigenvalue weighted by Crippen LogP contribution is 2.32. The quantitative estimate of drug-likeness (QED) is 0.746. The van der Waals surface area contributed by atoms with E-state index >= 15 is 0 Å². The van der Waals surface area contributed by atoms with Gasteiger partial charge in [-0.3, -0.25) is 4.79 Å². The molecule has 0 unspecified atom stereocenters. The molecular weight excluding hydrogens is 214 g/mol. The maximum atomic E-state index is 11.1. The minimum Gasteiger partial charge on any atom is -0.486 e. The third kappa shape index (κ3) is 2.36. The first-order chi connectivity index (χ1) is 7.29. The average Bonchev–Trinajstić information content (AvgIpc) is 2.29. The molecule has 0 spiro atoms. The number of nitrogens with one attached hydrogen (secondary N) is 1. The van der Waals surface area contributed by atoms with Gasteiger partial charge in [-0.1, -0.05) is 0 Å². The molecule has 0 aliphatic carbocycles. The Morgan fingerprint density at radius 3 is 2.80 bits per heavy atom. The number of rotatable bonds is 2. The van der Waals surface area contributed by atoms with Gasteiger partial charge in [0, 0.05) is 11.8 Å². The molecule has 4 nitrogen and oxygen atoms in total. The molecule has 0 radical (unpaired) electrons. The van der Waals surface area contributed by atoms with E-state index in [1.54, 1.807) is 18.2 Å². The van der Waals surface area contributed by atoms with E-state index in [-0.39, 0.29) is 11.7 Å². The van der Waals surface area contributed by atoms with Crippen molar-refractivity contribution < 1.29 is 14.3 Å². The molecule has 80 valence electrons. The van der Waals surface area contributed by atoms with Crippen LogP contribution in [-0.2, 0) is 4.79 Å². The first-order valence-corrected chi connectivity index (χ1v) is 5.23. The van der Waals surface area contributed by atoms with Crippen LogP contribution in [0.15, 0.2) is 18.2 Å². The molecule has 0 aromatic heterocycles. The standard InChI is InChI=1S/C10H11NO3S/c12-10(6-15)11-7-1-2-8-9(5-7)14-4-3-13-8/h1-2,5,15H,3-4,6H2,(H,11,12). The lowest BCUT2D eigenvalue weighted by Crippen LogP contribution is -2.16. The zero-order chi connectivity index (χ0) is 10.7. The van der Waals surface area contributed by atoms with E-state index in [9.17, 15) is 4.79 Å². The van der Waals surface area contributed by atoms with Crippen LogP contribution in [0.3, 0.4) is 0 Å². The van der Waals surface area contributed by atoms with E-state index in [2.05, 4.69) is 17.9 Å². The van der Waals surface area contributed by atoms with Crippen molar-refractivity contribution in [3.63, 3.8) is 0 Å². The number of ether oxygens (including phenoxy) is 2. The predicted octanol–water partition coefficient (Wildman–Crippen LogP) is 1.33. The van der Waals surface area contributed by atoms with Crippen molar-refractivity contribution >= 4 is 24.2 Å². The molecule has 1 heterocycles. The van der Waals surface area contributed by atoms with Gasteiger partial charge in [-0.05, 0) is 12.1 Å². The van der Waals surface area contributed by atoms with Gasteiger partial charge in [0.05, 0.1) is 5.75 Å². The van der Waals surface area contributed by atoms with Crippen molar-refractivity contribution in [3.05, 3.63) is 18.2 Å². The predicted molar refractivity (Wildman–Crippen MR) is 59.9 cm³/mol. The first-order valence-electron chi connectivity index (χ1n) is 4.60. The molecule has 1 aliphatic heterocycles. The Hall–Kier alpha value is -1.36. The summed E-state index contributed by atoms with van der Waals surface area (Å²) >= 11 is 3.88. The van der Waals surface area contributed by atoms with Crippen molar-refractivity contribution in [1.29, 1.82) is 0 Å². The van der Waals surface area contributed by atoms with E-state index in [1.165, 1.54) is 0 Å². The van der Waals surface area contributed by atoms with Crippen LogP contribution >= 0.6 is 12.6 Å². The molecule has 15 heavy (non-hydrogen) atoms. The van der Waals surface area contributed by atoms with Crippen LogP contribution in [-0.4, -0.2) is 24.9 Å². The monoisotopic (exact) mass is 225 g/mol. The zero-order valence-electron chi connectivity index (χ0n) is 8.03.